The lowest BCUT2D eigenvalue weighted by molar-refractivity contribution is 0.756. The highest BCUT2D eigenvalue weighted by atomic mass is 14.9. The molecule has 0 aromatic carbocycles. The quantitative estimate of drug-likeness (QED) is 0.626. The maximum Gasteiger partial charge on any atom is 0.0344 e. The molecule has 0 amide bonds. The van der Waals surface area contributed by atoms with Crippen molar-refractivity contribution in [3.63, 3.8) is 0 Å². The van der Waals surface area contributed by atoms with Crippen molar-refractivity contribution in [2.24, 2.45) is 5.92 Å². The molecule has 0 saturated carbocycles. The average molecular weight is 163 g/mol. The van der Waals surface area contributed by atoms with Gasteiger partial charge in [-0.2, -0.15) is 0 Å². The molecule has 0 unspecified atom stereocenters. The van der Waals surface area contributed by atoms with Crippen LogP contribution in [0.25, 0.3) is 0 Å². The van der Waals surface area contributed by atoms with Crippen molar-refractivity contribution in [1.29, 1.82) is 0 Å². The van der Waals surface area contributed by atoms with Crippen LogP contribution in [0.15, 0.2) is 35.7 Å². The van der Waals surface area contributed by atoms with Crippen LogP contribution in [-0.2, 0) is 0 Å². The number of hydrogen-bond acceptors (Lipinski definition) is 1. The van der Waals surface area contributed by atoms with E-state index in [0.29, 0.717) is 5.92 Å². The van der Waals surface area contributed by atoms with E-state index in [0.717, 1.165) is 17.8 Å². The third-order valence-electron chi connectivity index (χ3n) is 2.42. The lowest BCUT2D eigenvalue weighted by Crippen LogP contribution is -2.01. The Balaban J connectivity index is 2.95. The first kappa shape index (κ1) is 9.11. The second-order valence-electron chi connectivity index (χ2n) is 3.70. The summed E-state index contributed by atoms with van der Waals surface area (Å²) in [4.78, 5) is 0. The summed E-state index contributed by atoms with van der Waals surface area (Å²) in [6.07, 6.45) is 0.947. The van der Waals surface area contributed by atoms with Crippen LogP contribution in [0.1, 0.15) is 27.2 Å². The van der Waals surface area contributed by atoms with Crippen LogP contribution in [0.5, 0.6) is 0 Å². The molecule has 1 heteroatoms. The average Bonchev–Trinajstić information content (AvgIpc) is 2.28. The van der Waals surface area contributed by atoms with Crippen molar-refractivity contribution in [2.75, 3.05) is 0 Å². The molecule has 0 aliphatic carbocycles. The summed E-state index contributed by atoms with van der Waals surface area (Å²) in [5.74, 6) is 0.601. The summed E-state index contributed by atoms with van der Waals surface area (Å²) >= 11 is 0. The fourth-order valence-corrected chi connectivity index (χ4v) is 1.38. The summed E-state index contributed by atoms with van der Waals surface area (Å²) in [5.41, 5.74) is 4.86. The van der Waals surface area contributed by atoms with E-state index in [1.54, 1.807) is 0 Å². The Labute approximate surface area is 74.9 Å². The van der Waals surface area contributed by atoms with Crippen LogP contribution in [0, 0.1) is 5.92 Å². The van der Waals surface area contributed by atoms with E-state index in [4.69, 9.17) is 0 Å². The topological polar surface area (TPSA) is 12.0 Å². The van der Waals surface area contributed by atoms with E-state index < -0.39 is 0 Å². The largest absolute Gasteiger partial charge is 0.359 e. The monoisotopic (exact) mass is 163 g/mol. The Morgan fingerprint density at radius 2 is 2.00 bits per heavy atom. The van der Waals surface area contributed by atoms with Gasteiger partial charge in [0.15, 0.2) is 0 Å². The van der Waals surface area contributed by atoms with Crippen molar-refractivity contribution in [3.05, 3.63) is 35.7 Å². The molecular weight excluding hydrogens is 146 g/mol. The van der Waals surface area contributed by atoms with Gasteiger partial charge in [0.25, 0.3) is 0 Å². The molecule has 1 nitrogen and oxygen atoms in total. The second kappa shape index (κ2) is 3.18. The van der Waals surface area contributed by atoms with Gasteiger partial charge in [0, 0.05) is 17.8 Å². The molecule has 1 N–H and O–H groups in total. The van der Waals surface area contributed by atoms with Gasteiger partial charge in [-0.05, 0) is 18.4 Å². The van der Waals surface area contributed by atoms with Crippen LogP contribution in [-0.4, -0.2) is 0 Å². The zero-order valence-electron chi connectivity index (χ0n) is 8.20. The Bertz CT molecular complexity index is 256. The van der Waals surface area contributed by atoms with Gasteiger partial charge in [-0.3, -0.25) is 0 Å². The minimum Gasteiger partial charge on any atom is -0.359 e. The number of nitrogens with one attached hydrogen (secondary N) is 1. The molecule has 1 aliphatic heterocycles. The predicted molar refractivity (Wildman–Crippen MR) is 53.6 cm³/mol. The first-order valence-corrected chi connectivity index (χ1v) is 4.36. The Kier molecular flexibility index (Phi) is 2.41. The van der Waals surface area contributed by atoms with E-state index in [1.807, 2.05) is 0 Å². The predicted octanol–water partition coefficient (Wildman–Crippen LogP) is 2.98. The van der Waals surface area contributed by atoms with E-state index in [-0.39, 0.29) is 0 Å². The molecule has 0 spiro atoms. The van der Waals surface area contributed by atoms with Gasteiger partial charge in [-0.1, -0.05) is 32.6 Å². The van der Waals surface area contributed by atoms with E-state index >= 15 is 0 Å². The standard InChI is InChI=1S/C11H17N/c1-7(2)9(4)11-6-8(3)12-10(11)5/h7,12H,3,5-6H2,1-2,4H3/b11-9+. The molecule has 0 aromatic rings. The summed E-state index contributed by atoms with van der Waals surface area (Å²) in [6.45, 7) is 14.4. The highest BCUT2D eigenvalue weighted by Crippen LogP contribution is 2.29. The van der Waals surface area contributed by atoms with Crippen molar-refractivity contribution in [3.8, 4) is 0 Å². The van der Waals surface area contributed by atoms with Crippen molar-refractivity contribution >= 4 is 0 Å². The van der Waals surface area contributed by atoms with Crippen LogP contribution in [0.3, 0.4) is 0 Å². The first-order chi connectivity index (χ1) is 5.52. The fourth-order valence-electron chi connectivity index (χ4n) is 1.38. The molecule has 1 aliphatic rings. The third kappa shape index (κ3) is 1.60. The molecule has 0 aromatic heterocycles. The molecule has 0 atom stereocenters. The number of rotatable bonds is 1. The maximum absolute atomic E-state index is 3.96. The van der Waals surface area contributed by atoms with Crippen molar-refractivity contribution < 1.29 is 0 Å². The zero-order valence-corrected chi connectivity index (χ0v) is 8.20. The molecule has 0 bridgehead atoms. The van der Waals surface area contributed by atoms with Gasteiger partial charge in [0.2, 0.25) is 0 Å². The van der Waals surface area contributed by atoms with Gasteiger partial charge >= 0.3 is 0 Å². The van der Waals surface area contributed by atoms with Crippen LogP contribution >= 0.6 is 0 Å². The molecule has 1 saturated heterocycles. The molecule has 1 rings (SSSR count). The normalized spacial score (nSPS) is 21.7. The fraction of sp³-hybridized carbons (Fsp3) is 0.455. The molecule has 12 heavy (non-hydrogen) atoms. The maximum atomic E-state index is 3.96. The van der Waals surface area contributed by atoms with Gasteiger partial charge in [0.05, 0.1) is 0 Å². The Hall–Kier alpha value is -0.980. The minimum atomic E-state index is 0.601. The van der Waals surface area contributed by atoms with E-state index in [1.165, 1.54) is 11.1 Å². The lowest BCUT2D eigenvalue weighted by Gasteiger charge is -2.09. The molecular formula is C11H17N. The number of hydrogen-bond donors (Lipinski definition) is 1. The lowest BCUT2D eigenvalue weighted by atomic mass is 9.97. The highest BCUT2D eigenvalue weighted by Gasteiger charge is 2.17. The molecule has 1 heterocycles. The molecule has 66 valence electrons. The van der Waals surface area contributed by atoms with Gasteiger partial charge < -0.3 is 5.32 Å². The van der Waals surface area contributed by atoms with Crippen LogP contribution in [0.2, 0.25) is 0 Å². The summed E-state index contributed by atoms with van der Waals surface area (Å²) < 4.78 is 0. The summed E-state index contributed by atoms with van der Waals surface area (Å²) in [5, 5.41) is 3.16. The molecule has 1 fully saturated rings. The highest BCUT2D eigenvalue weighted by molar-refractivity contribution is 5.42. The van der Waals surface area contributed by atoms with Crippen molar-refractivity contribution in [1.82, 2.24) is 5.32 Å². The summed E-state index contributed by atoms with van der Waals surface area (Å²) in [6, 6.07) is 0. The molecule has 0 radical (unpaired) electrons. The number of allylic oxidation sites excluding steroid dienone is 3. The van der Waals surface area contributed by atoms with Crippen molar-refractivity contribution in [2.45, 2.75) is 27.2 Å². The third-order valence-corrected chi connectivity index (χ3v) is 2.42. The van der Waals surface area contributed by atoms with Gasteiger partial charge in [-0.15, -0.1) is 0 Å². The zero-order chi connectivity index (χ0) is 9.30. The Morgan fingerprint density at radius 3 is 2.33 bits per heavy atom. The SMILES string of the molecule is C=C1C/C(=C(/C)C(C)C)C(=C)N1. The van der Waals surface area contributed by atoms with Gasteiger partial charge in [0.1, 0.15) is 0 Å². The Morgan fingerprint density at radius 1 is 1.42 bits per heavy atom. The van der Waals surface area contributed by atoms with Crippen LogP contribution < -0.4 is 5.32 Å². The van der Waals surface area contributed by atoms with E-state index in [2.05, 4.69) is 39.2 Å². The minimum absolute atomic E-state index is 0.601. The van der Waals surface area contributed by atoms with E-state index in [9.17, 15) is 0 Å². The smallest absolute Gasteiger partial charge is 0.0344 e. The van der Waals surface area contributed by atoms with Crippen LogP contribution in [0.4, 0.5) is 0 Å². The van der Waals surface area contributed by atoms with Gasteiger partial charge in [-0.25, -0.2) is 0 Å². The second-order valence-corrected chi connectivity index (χ2v) is 3.70. The summed E-state index contributed by atoms with van der Waals surface area (Å²) in [7, 11) is 0. The first-order valence-electron chi connectivity index (χ1n) is 4.36.